The molecule has 0 radical (unpaired) electrons. The first kappa shape index (κ1) is 12.4. The highest BCUT2D eigenvalue weighted by molar-refractivity contribution is 9.10. The largest absolute Gasteiger partial charge is 0.351 e. The highest BCUT2D eigenvalue weighted by Gasteiger charge is 2.17. The Bertz CT molecular complexity index is 363. The van der Waals surface area contributed by atoms with Crippen LogP contribution < -0.4 is 5.32 Å². The predicted molar refractivity (Wildman–Crippen MR) is 57.1 cm³/mol. The molecule has 1 aromatic carbocycles. The Morgan fingerprint density at radius 3 is 2.40 bits per heavy atom. The second-order valence-corrected chi connectivity index (χ2v) is 3.98. The molecule has 1 amide bonds. The van der Waals surface area contributed by atoms with Crippen LogP contribution in [0.5, 0.6) is 0 Å². The van der Waals surface area contributed by atoms with E-state index in [1.807, 2.05) is 0 Å². The number of alkyl halides is 1. The van der Waals surface area contributed by atoms with Crippen LogP contribution in [0.25, 0.3) is 0 Å². The lowest BCUT2D eigenvalue weighted by molar-refractivity contribution is 0.0947. The van der Waals surface area contributed by atoms with E-state index in [4.69, 9.17) is 11.6 Å². The number of hydrogen-bond acceptors (Lipinski definition) is 1. The lowest BCUT2D eigenvalue weighted by Gasteiger charge is -2.05. The van der Waals surface area contributed by atoms with E-state index in [2.05, 4.69) is 21.2 Å². The smallest absolute Gasteiger partial charge is 0.257 e. The zero-order chi connectivity index (χ0) is 11.4. The Morgan fingerprint density at radius 2 is 1.93 bits per heavy atom. The molecule has 0 aliphatic rings. The summed E-state index contributed by atoms with van der Waals surface area (Å²) in [5, 5.41) is 2.28. The summed E-state index contributed by atoms with van der Waals surface area (Å²) in [5.41, 5.74) is -0.594. The van der Waals surface area contributed by atoms with Crippen molar-refractivity contribution in [3.63, 3.8) is 0 Å². The normalized spacial score (nSPS) is 10.1. The van der Waals surface area contributed by atoms with E-state index < -0.39 is 23.1 Å². The molecule has 0 spiro atoms. The van der Waals surface area contributed by atoms with Crippen molar-refractivity contribution in [2.24, 2.45) is 0 Å². The maximum atomic E-state index is 13.2. The van der Waals surface area contributed by atoms with Crippen LogP contribution in [-0.2, 0) is 0 Å². The maximum absolute atomic E-state index is 13.2. The van der Waals surface area contributed by atoms with E-state index in [9.17, 15) is 13.6 Å². The summed E-state index contributed by atoms with van der Waals surface area (Å²) in [7, 11) is 0. The predicted octanol–water partition coefficient (Wildman–Crippen LogP) is 2.70. The van der Waals surface area contributed by atoms with E-state index in [0.29, 0.717) is 0 Å². The molecule has 0 heterocycles. The van der Waals surface area contributed by atoms with Crippen molar-refractivity contribution in [1.29, 1.82) is 0 Å². The van der Waals surface area contributed by atoms with Crippen molar-refractivity contribution < 1.29 is 13.6 Å². The van der Waals surface area contributed by atoms with Gasteiger partial charge in [0, 0.05) is 16.9 Å². The first-order valence-corrected chi connectivity index (χ1v) is 5.37. The molecular weight excluding hydrogens is 291 g/mol. The van der Waals surface area contributed by atoms with E-state index in [1.54, 1.807) is 0 Å². The number of carbonyl (C=O) groups excluding carboxylic acids is 1. The van der Waals surface area contributed by atoms with Crippen LogP contribution in [0.2, 0.25) is 0 Å². The number of rotatable bonds is 3. The van der Waals surface area contributed by atoms with E-state index in [-0.39, 0.29) is 16.9 Å². The van der Waals surface area contributed by atoms with Crippen molar-refractivity contribution >= 4 is 33.4 Å². The van der Waals surface area contributed by atoms with Gasteiger partial charge in [0.25, 0.3) is 5.91 Å². The molecule has 0 saturated carbocycles. The summed E-state index contributed by atoms with van der Waals surface area (Å²) < 4.78 is 26.7. The van der Waals surface area contributed by atoms with Gasteiger partial charge in [0.1, 0.15) is 17.2 Å². The van der Waals surface area contributed by atoms with Crippen molar-refractivity contribution in [2.75, 3.05) is 12.4 Å². The maximum Gasteiger partial charge on any atom is 0.257 e. The molecule has 0 aromatic heterocycles. The molecule has 0 aliphatic heterocycles. The van der Waals surface area contributed by atoms with Gasteiger partial charge >= 0.3 is 0 Å². The van der Waals surface area contributed by atoms with Crippen molar-refractivity contribution in [1.82, 2.24) is 5.32 Å². The van der Waals surface area contributed by atoms with Crippen LogP contribution >= 0.6 is 27.5 Å². The standard InChI is InChI=1S/C9H7BrClF2NO/c10-5-3-6(12)8(7(13)4-5)9(15)14-2-1-11/h3-4H,1-2H2,(H,14,15). The number of halogens is 4. The quantitative estimate of drug-likeness (QED) is 0.854. The fourth-order valence-corrected chi connectivity index (χ4v) is 1.50. The summed E-state index contributed by atoms with van der Waals surface area (Å²) in [6.07, 6.45) is 0. The lowest BCUT2D eigenvalue weighted by atomic mass is 10.2. The Labute approximate surface area is 98.7 Å². The van der Waals surface area contributed by atoms with E-state index in [0.717, 1.165) is 12.1 Å². The van der Waals surface area contributed by atoms with Crippen LogP contribution in [0.15, 0.2) is 16.6 Å². The molecule has 0 aliphatic carbocycles. The molecule has 0 atom stereocenters. The van der Waals surface area contributed by atoms with Gasteiger partial charge in [-0.2, -0.15) is 0 Å². The van der Waals surface area contributed by atoms with E-state index in [1.165, 1.54) is 0 Å². The average molecular weight is 299 g/mol. The third-order valence-corrected chi connectivity index (χ3v) is 2.26. The minimum atomic E-state index is -0.908. The third kappa shape index (κ3) is 3.14. The topological polar surface area (TPSA) is 29.1 Å². The molecule has 0 bridgehead atoms. The van der Waals surface area contributed by atoms with Gasteiger partial charge in [-0.1, -0.05) is 15.9 Å². The molecule has 1 aromatic rings. The molecule has 0 saturated heterocycles. The zero-order valence-electron chi connectivity index (χ0n) is 7.49. The highest BCUT2D eigenvalue weighted by Crippen LogP contribution is 2.19. The molecule has 6 heteroatoms. The lowest BCUT2D eigenvalue weighted by Crippen LogP contribution is -2.27. The molecule has 0 unspecified atom stereocenters. The fraction of sp³-hybridized carbons (Fsp3) is 0.222. The van der Waals surface area contributed by atoms with Gasteiger partial charge in [-0.25, -0.2) is 8.78 Å². The molecule has 2 nitrogen and oxygen atoms in total. The summed E-state index contributed by atoms with van der Waals surface area (Å²) >= 11 is 8.24. The summed E-state index contributed by atoms with van der Waals surface area (Å²) in [6.45, 7) is 0.162. The van der Waals surface area contributed by atoms with Gasteiger partial charge in [-0.15, -0.1) is 11.6 Å². The van der Waals surface area contributed by atoms with Gasteiger partial charge in [-0.05, 0) is 12.1 Å². The monoisotopic (exact) mass is 297 g/mol. The second-order valence-electron chi connectivity index (χ2n) is 2.69. The van der Waals surface area contributed by atoms with Gasteiger partial charge in [-0.3, -0.25) is 4.79 Å². The van der Waals surface area contributed by atoms with Crippen LogP contribution in [0, 0.1) is 11.6 Å². The second kappa shape index (κ2) is 5.42. The zero-order valence-corrected chi connectivity index (χ0v) is 9.83. The molecule has 1 rings (SSSR count). The number of amides is 1. The Kier molecular flexibility index (Phi) is 4.47. The minimum absolute atomic E-state index is 0.162. The van der Waals surface area contributed by atoms with Gasteiger partial charge < -0.3 is 5.32 Å². The Balaban J connectivity index is 2.98. The molecule has 0 fully saturated rings. The number of hydrogen-bond donors (Lipinski definition) is 1. The number of nitrogens with one attached hydrogen (secondary N) is 1. The highest BCUT2D eigenvalue weighted by atomic mass is 79.9. The van der Waals surface area contributed by atoms with Crippen molar-refractivity contribution in [3.05, 3.63) is 33.8 Å². The Hall–Kier alpha value is -0.680. The van der Waals surface area contributed by atoms with Crippen LogP contribution in [0.1, 0.15) is 10.4 Å². The minimum Gasteiger partial charge on any atom is -0.351 e. The average Bonchev–Trinajstić information content (AvgIpc) is 2.12. The number of carbonyl (C=O) groups is 1. The van der Waals surface area contributed by atoms with E-state index >= 15 is 0 Å². The van der Waals surface area contributed by atoms with Gasteiger partial charge in [0.15, 0.2) is 0 Å². The summed E-state index contributed by atoms with van der Waals surface area (Å²) in [5.74, 6) is -2.44. The third-order valence-electron chi connectivity index (χ3n) is 1.61. The van der Waals surface area contributed by atoms with Gasteiger partial charge in [0.05, 0.1) is 0 Å². The van der Waals surface area contributed by atoms with Crippen molar-refractivity contribution in [2.45, 2.75) is 0 Å². The van der Waals surface area contributed by atoms with Gasteiger partial charge in [0.2, 0.25) is 0 Å². The number of benzene rings is 1. The van der Waals surface area contributed by atoms with Crippen molar-refractivity contribution in [3.8, 4) is 0 Å². The van der Waals surface area contributed by atoms with Crippen LogP contribution in [0.4, 0.5) is 8.78 Å². The first-order valence-electron chi connectivity index (χ1n) is 4.05. The summed E-state index contributed by atoms with van der Waals surface area (Å²) in [6, 6.07) is 2.05. The Morgan fingerprint density at radius 1 is 1.40 bits per heavy atom. The fourth-order valence-electron chi connectivity index (χ4n) is 1.01. The molecular formula is C9H7BrClF2NO. The SMILES string of the molecule is O=C(NCCCl)c1c(F)cc(Br)cc1F. The first-order chi connectivity index (χ1) is 7.06. The molecule has 15 heavy (non-hydrogen) atoms. The van der Waals surface area contributed by atoms with Crippen LogP contribution in [-0.4, -0.2) is 18.3 Å². The van der Waals surface area contributed by atoms with Crippen LogP contribution in [0.3, 0.4) is 0 Å². The molecule has 1 N–H and O–H groups in total. The summed E-state index contributed by atoms with van der Waals surface area (Å²) in [4.78, 5) is 11.3. The molecule has 82 valence electrons.